The van der Waals surface area contributed by atoms with E-state index < -0.39 is 0 Å². The fourth-order valence-electron chi connectivity index (χ4n) is 1.00. The van der Waals surface area contributed by atoms with Crippen LogP contribution in [0.5, 0.6) is 5.75 Å². The first-order valence-electron chi connectivity index (χ1n) is 4.35. The van der Waals surface area contributed by atoms with Crippen molar-refractivity contribution in [3.8, 4) is 5.75 Å². The molecule has 0 saturated carbocycles. The maximum absolute atomic E-state index is 5.65. The Balaban J connectivity index is 2.75. The fraction of sp³-hybridized carbons (Fsp3) is 0.333. The molecule has 0 aliphatic carbocycles. The number of hydrogen-bond acceptors (Lipinski definition) is 1. The van der Waals surface area contributed by atoms with Gasteiger partial charge >= 0.3 is 0 Å². The molecule has 1 heteroatoms. The van der Waals surface area contributed by atoms with Crippen LogP contribution in [-0.2, 0) is 0 Å². The third-order valence-electron chi connectivity index (χ3n) is 1.50. The summed E-state index contributed by atoms with van der Waals surface area (Å²) < 4.78 is 5.65. The van der Waals surface area contributed by atoms with Crippen LogP contribution in [0.15, 0.2) is 24.3 Å². The molecule has 0 atom stereocenters. The van der Waals surface area contributed by atoms with Crippen molar-refractivity contribution in [3.63, 3.8) is 0 Å². The van der Waals surface area contributed by atoms with Gasteiger partial charge in [-0.1, -0.05) is 0 Å². The molecule has 0 unspecified atom stereocenters. The summed E-state index contributed by atoms with van der Waals surface area (Å²) in [6.45, 7) is 11.4. The van der Waals surface area contributed by atoms with Crippen molar-refractivity contribution < 1.29 is 4.74 Å². The zero-order chi connectivity index (χ0) is 9.90. The van der Waals surface area contributed by atoms with E-state index in [2.05, 4.69) is 0 Å². The van der Waals surface area contributed by atoms with Crippen molar-refractivity contribution in [2.24, 2.45) is 0 Å². The summed E-state index contributed by atoms with van der Waals surface area (Å²) in [5.41, 5.74) is 0.856. The maximum Gasteiger partial charge on any atom is 0.159 e. The SMILES string of the molecule is [CH+]=Cc1ccc(OC(C)(C)C)cc1. The van der Waals surface area contributed by atoms with Crippen molar-refractivity contribution >= 4 is 6.08 Å². The van der Waals surface area contributed by atoms with Crippen LogP contribution < -0.4 is 4.74 Å². The second kappa shape index (κ2) is 3.59. The Hall–Kier alpha value is -1.33. The van der Waals surface area contributed by atoms with E-state index in [0.717, 1.165) is 11.3 Å². The summed E-state index contributed by atoms with van der Waals surface area (Å²) in [6, 6.07) is 7.70. The zero-order valence-electron chi connectivity index (χ0n) is 8.37. The maximum atomic E-state index is 5.65. The lowest BCUT2D eigenvalue weighted by Gasteiger charge is -2.20. The van der Waals surface area contributed by atoms with Crippen LogP contribution in [0.1, 0.15) is 26.3 Å². The number of hydrogen-bond donors (Lipinski definition) is 0. The molecule has 0 N–H and O–H groups in total. The second-order valence-electron chi connectivity index (χ2n) is 3.95. The minimum absolute atomic E-state index is 0.145. The Morgan fingerprint density at radius 3 is 2.08 bits per heavy atom. The van der Waals surface area contributed by atoms with Crippen LogP contribution in [0.25, 0.3) is 6.08 Å². The van der Waals surface area contributed by atoms with Gasteiger partial charge in [-0.05, 0) is 20.8 Å². The molecule has 1 rings (SSSR count). The van der Waals surface area contributed by atoms with Crippen molar-refractivity contribution in [1.29, 1.82) is 0 Å². The molecule has 1 nitrogen and oxygen atoms in total. The minimum Gasteiger partial charge on any atom is -0.488 e. The Bertz CT molecular complexity index is 277. The topological polar surface area (TPSA) is 9.23 Å². The quantitative estimate of drug-likeness (QED) is 0.626. The molecule has 0 bridgehead atoms. The van der Waals surface area contributed by atoms with Gasteiger partial charge in [-0.25, -0.2) is 0 Å². The molecule has 0 fully saturated rings. The van der Waals surface area contributed by atoms with E-state index >= 15 is 0 Å². The van der Waals surface area contributed by atoms with Gasteiger partial charge in [0, 0.05) is 30.8 Å². The van der Waals surface area contributed by atoms with Gasteiger partial charge in [0.1, 0.15) is 16.9 Å². The van der Waals surface area contributed by atoms with Crippen molar-refractivity contribution in [2.45, 2.75) is 26.4 Å². The van der Waals surface area contributed by atoms with Crippen LogP contribution in [0, 0.1) is 6.58 Å². The van der Waals surface area contributed by atoms with Crippen molar-refractivity contribution in [1.82, 2.24) is 0 Å². The van der Waals surface area contributed by atoms with E-state index in [4.69, 9.17) is 11.3 Å². The average Bonchev–Trinajstić information content (AvgIpc) is 2.03. The molecule has 0 radical (unpaired) electrons. The summed E-state index contributed by atoms with van der Waals surface area (Å²) in [6.07, 6.45) is 1.57. The first kappa shape index (κ1) is 9.76. The third-order valence-corrected chi connectivity index (χ3v) is 1.50. The van der Waals surface area contributed by atoms with Crippen LogP contribution in [0.2, 0.25) is 0 Å². The number of benzene rings is 1. The highest BCUT2D eigenvalue weighted by Gasteiger charge is 2.11. The minimum atomic E-state index is -0.145. The molecule has 0 saturated heterocycles. The molecule has 0 aromatic heterocycles. The van der Waals surface area contributed by atoms with Crippen molar-refractivity contribution in [3.05, 3.63) is 36.4 Å². The molecule has 0 aliphatic heterocycles. The summed E-state index contributed by atoms with van der Waals surface area (Å²) in [7, 11) is 0. The molecular weight excluding hydrogens is 160 g/mol. The van der Waals surface area contributed by atoms with E-state index in [1.54, 1.807) is 6.08 Å². The first-order chi connectivity index (χ1) is 6.01. The monoisotopic (exact) mass is 175 g/mol. The normalized spacial score (nSPS) is 10.9. The molecular formula is C12H15O+. The molecule has 68 valence electrons. The third kappa shape index (κ3) is 3.27. The summed E-state index contributed by atoms with van der Waals surface area (Å²) in [5.74, 6) is 0.873. The van der Waals surface area contributed by atoms with Crippen LogP contribution in [-0.4, -0.2) is 5.60 Å². The van der Waals surface area contributed by atoms with Gasteiger partial charge in [-0.15, -0.1) is 0 Å². The molecule has 0 aliphatic rings. The summed E-state index contributed by atoms with van der Waals surface area (Å²) in [5, 5.41) is 0. The second-order valence-corrected chi connectivity index (χ2v) is 3.95. The lowest BCUT2D eigenvalue weighted by Crippen LogP contribution is -2.22. The van der Waals surface area contributed by atoms with Gasteiger partial charge in [0.25, 0.3) is 0 Å². The largest absolute Gasteiger partial charge is 0.488 e. The van der Waals surface area contributed by atoms with Crippen LogP contribution in [0.3, 0.4) is 0 Å². The zero-order valence-corrected chi connectivity index (χ0v) is 8.37. The van der Waals surface area contributed by atoms with Gasteiger partial charge in [0.15, 0.2) is 6.08 Å². The Morgan fingerprint density at radius 1 is 1.15 bits per heavy atom. The van der Waals surface area contributed by atoms with Gasteiger partial charge < -0.3 is 4.74 Å². The number of rotatable bonds is 2. The van der Waals surface area contributed by atoms with E-state index in [1.165, 1.54) is 0 Å². The highest BCUT2D eigenvalue weighted by Crippen LogP contribution is 2.18. The fourth-order valence-corrected chi connectivity index (χ4v) is 1.00. The van der Waals surface area contributed by atoms with E-state index in [0.29, 0.717) is 0 Å². The lowest BCUT2D eigenvalue weighted by molar-refractivity contribution is 0.131. The standard InChI is InChI=1S/C12H15O/c1-5-10-6-8-11(9-7-10)13-12(2,3)4/h1,5-9H,2-4H3/q+1. The van der Waals surface area contributed by atoms with E-state index in [1.807, 2.05) is 45.0 Å². The summed E-state index contributed by atoms with van der Waals surface area (Å²) in [4.78, 5) is 0. The van der Waals surface area contributed by atoms with Gasteiger partial charge in [0.2, 0.25) is 0 Å². The highest BCUT2D eigenvalue weighted by molar-refractivity contribution is 5.47. The highest BCUT2D eigenvalue weighted by atomic mass is 16.5. The lowest BCUT2D eigenvalue weighted by atomic mass is 10.2. The first-order valence-corrected chi connectivity index (χ1v) is 4.35. The van der Waals surface area contributed by atoms with E-state index in [-0.39, 0.29) is 5.60 Å². The molecule has 0 spiro atoms. The number of ether oxygens (including phenoxy) is 1. The molecule has 1 aromatic rings. The van der Waals surface area contributed by atoms with Crippen molar-refractivity contribution in [2.75, 3.05) is 0 Å². The van der Waals surface area contributed by atoms with Gasteiger partial charge in [-0.3, -0.25) is 0 Å². The smallest absolute Gasteiger partial charge is 0.159 e. The average molecular weight is 175 g/mol. The van der Waals surface area contributed by atoms with Crippen LogP contribution in [0.4, 0.5) is 0 Å². The molecule has 0 amide bonds. The Morgan fingerprint density at radius 2 is 1.69 bits per heavy atom. The van der Waals surface area contributed by atoms with Gasteiger partial charge in [0.05, 0.1) is 0 Å². The molecule has 1 aromatic carbocycles. The van der Waals surface area contributed by atoms with E-state index in [9.17, 15) is 0 Å². The van der Waals surface area contributed by atoms with Crippen LogP contribution >= 0.6 is 0 Å². The van der Waals surface area contributed by atoms with Gasteiger partial charge in [-0.2, -0.15) is 0 Å². The summed E-state index contributed by atoms with van der Waals surface area (Å²) >= 11 is 0. The predicted octanol–water partition coefficient (Wildman–Crippen LogP) is 3.31. The predicted molar refractivity (Wildman–Crippen MR) is 55.6 cm³/mol. The molecule has 13 heavy (non-hydrogen) atoms. The molecule has 0 heterocycles. The Kier molecular flexibility index (Phi) is 2.69. The Labute approximate surface area is 80.0 Å².